The van der Waals surface area contributed by atoms with E-state index in [0.717, 1.165) is 9.87 Å². The Morgan fingerprint density at radius 1 is 1.04 bits per heavy atom. The molecule has 2 aromatic rings. The van der Waals surface area contributed by atoms with Crippen molar-refractivity contribution in [2.24, 2.45) is 5.41 Å². The van der Waals surface area contributed by atoms with Crippen molar-refractivity contribution in [2.45, 2.75) is 39.1 Å². The highest BCUT2D eigenvalue weighted by atomic mass is 32.2. The van der Waals surface area contributed by atoms with Crippen LogP contribution in [0.3, 0.4) is 0 Å². The molecule has 152 valence electrons. The van der Waals surface area contributed by atoms with Gasteiger partial charge in [0.05, 0.1) is 11.4 Å². The van der Waals surface area contributed by atoms with E-state index in [2.05, 4.69) is 5.32 Å². The molecule has 2 aromatic carbocycles. The van der Waals surface area contributed by atoms with Gasteiger partial charge < -0.3 is 5.32 Å². The summed E-state index contributed by atoms with van der Waals surface area (Å²) in [6.07, 6.45) is 0. The number of aryl methyl sites for hydroxylation is 1. The van der Waals surface area contributed by atoms with Crippen LogP contribution in [0.5, 0.6) is 0 Å². The summed E-state index contributed by atoms with van der Waals surface area (Å²) in [4.78, 5) is 12.5. The molecule has 28 heavy (non-hydrogen) atoms. The van der Waals surface area contributed by atoms with Gasteiger partial charge in [-0.15, -0.1) is 0 Å². The predicted molar refractivity (Wildman–Crippen MR) is 108 cm³/mol. The summed E-state index contributed by atoms with van der Waals surface area (Å²) < 4.78 is 40.5. The highest BCUT2D eigenvalue weighted by molar-refractivity contribution is 7.89. The van der Waals surface area contributed by atoms with E-state index in [1.165, 1.54) is 36.4 Å². The van der Waals surface area contributed by atoms with Crippen LogP contribution < -0.4 is 5.32 Å². The highest BCUT2D eigenvalue weighted by Crippen LogP contribution is 2.19. The number of hydrogen-bond donors (Lipinski definition) is 1. The topological polar surface area (TPSA) is 66.5 Å². The predicted octanol–water partition coefficient (Wildman–Crippen LogP) is 3.49. The Labute approximate surface area is 166 Å². The van der Waals surface area contributed by atoms with Crippen molar-refractivity contribution in [1.82, 2.24) is 9.62 Å². The van der Waals surface area contributed by atoms with Crippen molar-refractivity contribution < 1.29 is 17.6 Å². The van der Waals surface area contributed by atoms with Crippen molar-refractivity contribution >= 4 is 15.9 Å². The van der Waals surface area contributed by atoms with Crippen LogP contribution in [-0.2, 0) is 21.4 Å². The smallest absolute Gasteiger partial charge is 0.243 e. The maximum atomic E-state index is 13.2. The monoisotopic (exact) mass is 406 g/mol. The Balaban J connectivity index is 2.28. The van der Waals surface area contributed by atoms with Gasteiger partial charge in [0, 0.05) is 13.1 Å². The van der Waals surface area contributed by atoms with E-state index >= 15 is 0 Å². The molecule has 1 amide bonds. The van der Waals surface area contributed by atoms with Crippen molar-refractivity contribution in [1.29, 1.82) is 0 Å². The molecular weight excluding hydrogens is 379 g/mol. The van der Waals surface area contributed by atoms with Gasteiger partial charge in [-0.05, 0) is 42.2 Å². The zero-order chi connectivity index (χ0) is 20.9. The number of amides is 1. The molecular formula is C21H27FN2O3S. The van der Waals surface area contributed by atoms with Crippen LogP contribution in [0, 0.1) is 18.2 Å². The average molecular weight is 407 g/mol. The van der Waals surface area contributed by atoms with Crippen LogP contribution in [0.2, 0.25) is 0 Å². The summed E-state index contributed by atoms with van der Waals surface area (Å²) in [6, 6.07) is 12.0. The van der Waals surface area contributed by atoms with Crippen LogP contribution in [0.1, 0.15) is 31.9 Å². The second-order valence-electron chi connectivity index (χ2n) is 8.05. The van der Waals surface area contributed by atoms with E-state index < -0.39 is 15.8 Å². The largest absolute Gasteiger partial charge is 0.354 e. The van der Waals surface area contributed by atoms with E-state index in [-0.39, 0.29) is 29.3 Å². The summed E-state index contributed by atoms with van der Waals surface area (Å²) in [6.45, 7) is 7.89. The lowest BCUT2D eigenvalue weighted by atomic mass is 9.97. The number of rotatable bonds is 7. The lowest BCUT2D eigenvalue weighted by molar-refractivity contribution is -0.121. The normalized spacial score (nSPS) is 12.2. The molecule has 0 aromatic heterocycles. The molecule has 0 saturated carbocycles. The molecule has 7 heteroatoms. The van der Waals surface area contributed by atoms with Gasteiger partial charge in [-0.25, -0.2) is 12.8 Å². The van der Waals surface area contributed by atoms with Gasteiger partial charge in [-0.1, -0.05) is 50.6 Å². The first kappa shape index (κ1) is 22.0. The molecule has 5 nitrogen and oxygen atoms in total. The lowest BCUT2D eigenvalue weighted by Gasteiger charge is -2.24. The van der Waals surface area contributed by atoms with Gasteiger partial charge >= 0.3 is 0 Å². The van der Waals surface area contributed by atoms with Crippen LogP contribution in [0.4, 0.5) is 4.39 Å². The zero-order valence-corrected chi connectivity index (χ0v) is 17.5. The fraction of sp³-hybridized carbons (Fsp3) is 0.381. The molecule has 0 aliphatic carbocycles. The quantitative estimate of drug-likeness (QED) is 0.765. The summed E-state index contributed by atoms with van der Waals surface area (Å²) in [5, 5.41) is 2.78. The fourth-order valence-electron chi connectivity index (χ4n) is 2.46. The zero-order valence-electron chi connectivity index (χ0n) is 16.7. The van der Waals surface area contributed by atoms with Crippen molar-refractivity contribution in [2.75, 3.05) is 13.1 Å². The van der Waals surface area contributed by atoms with Crippen LogP contribution in [0.15, 0.2) is 53.4 Å². The third kappa shape index (κ3) is 6.42. The Morgan fingerprint density at radius 2 is 1.61 bits per heavy atom. The van der Waals surface area contributed by atoms with Gasteiger partial charge in [-0.3, -0.25) is 4.79 Å². The van der Waals surface area contributed by atoms with Gasteiger partial charge in [0.1, 0.15) is 5.82 Å². The minimum atomic E-state index is -3.90. The van der Waals surface area contributed by atoms with Gasteiger partial charge in [0.15, 0.2) is 0 Å². The minimum absolute atomic E-state index is 0.0283. The first-order valence-corrected chi connectivity index (χ1v) is 10.5. The Morgan fingerprint density at radius 3 is 2.14 bits per heavy atom. The minimum Gasteiger partial charge on any atom is -0.354 e. The van der Waals surface area contributed by atoms with E-state index in [4.69, 9.17) is 0 Å². The number of hydrogen-bond acceptors (Lipinski definition) is 3. The van der Waals surface area contributed by atoms with Crippen molar-refractivity contribution in [3.63, 3.8) is 0 Å². The van der Waals surface area contributed by atoms with Crippen molar-refractivity contribution in [3.8, 4) is 0 Å². The first-order chi connectivity index (χ1) is 13.0. The summed E-state index contributed by atoms with van der Waals surface area (Å²) in [7, 11) is -3.90. The maximum Gasteiger partial charge on any atom is 0.243 e. The number of sulfonamides is 1. The van der Waals surface area contributed by atoms with Crippen molar-refractivity contribution in [3.05, 3.63) is 65.5 Å². The van der Waals surface area contributed by atoms with E-state index in [1.807, 2.05) is 27.7 Å². The highest BCUT2D eigenvalue weighted by Gasteiger charge is 2.27. The number of nitrogens with one attached hydrogen (secondary N) is 1. The average Bonchev–Trinajstić information content (AvgIpc) is 2.61. The van der Waals surface area contributed by atoms with Crippen LogP contribution >= 0.6 is 0 Å². The molecule has 1 N–H and O–H groups in total. The number of carbonyl (C=O) groups is 1. The van der Waals surface area contributed by atoms with E-state index in [0.29, 0.717) is 12.1 Å². The second-order valence-corrected chi connectivity index (χ2v) is 9.99. The third-order valence-corrected chi connectivity index (χ3v) is 5.87. The molecule has 0 fully saturated rings. The van der Waals surface area contributed by atoms with Gasteiger partial charge in [-0.2, -0.15) is 4.31 Å². The van der Waals surface area contributed by atoms with Crippen LogP contribution in [0.25, 0.3) is 0 Å². The lowest BCUT2D eigenvalue weighted by Crippen LogP contribution is -2.42. The first-order valence-electron chi connectivity index (χ1n) is 9.05. The summed E-state index contributed by atoms with van der Waals surface area (Å²) in [5.41, 5.74) is 1.42. The Kier molecular flexibility index (Phi) is 6.96. The van der Waals surface area contributed by atoms with Gasteiger partial charge in [0.2, 0.25) is 15.9 Å². The molecule has 0 unspecified atom stereocenters. The summed E-state index contributed by atoms with van der Waals surface area (Å²) >= 11 is 0. The molecule has 2 rings (SSSR count). The van der Waals surface area contributed by atoms with Gasteiger partial charge in [0.25, 0.3) is 0 Å². The maximum absolute atomic E-state index is 13.2. The molecule has 0 heterocycles. The third-order valence-electron chi connectivity index (χ3n) is 4.07. The Bertz CT molecular complexity index is 902. The SMILES string of the molecule is Cc1ccc(S(=O)(=O)N(CC(=O)NCC(C)(C)C)Cc2ccc(F)cc2)cc1. The second kappa shape index (κ2) is 8.84. The number of carbonyl (C=O) groups excluding carboxylic acids is 1. The molecule has 0 aliphatic heterocycles. The summed E-state index contributed by atoms with van der Waals surface area (Å²) in [5.74, 6) is -0.785. The molecule has 0 saturated heterocycles. The number of nitrogens with zero attached hydrogens (tertiary/aromatic N) is 1. The molecule has 0 atom stereocenters. The standard InChI is InChI=1S/C21H27FN2O3S/c1-16-5-11-19(12-6-16)28(26,27)24(13-17-7-9-18(22)10-8-17)14-20(25)23-15-21(2,3)4/h5-12H,13-15H2,1-4H3,(H,23,25). The molecule has 0 bridgehead atoms. The molecule has 0 aliphatic rings. The number of halogens is 1. The Hall–Kier alpha value is -2.25. The van der Waals surface area contributed by atoms with Crippen LogP contribution in [-0.4, -0.2) is 31.7 Å². The van der Waals surface area contributed by atoms with E-state index in [9.17, 15) is 17.6 Å². The fourth-order valence-corrected chi connectivity index (χ4v) is 3.84. The molecule has 0 radical (unpaired) electrons. The number of benzene rings is 2. The molecule has 0 spiro atoms. The van der Waals surface area contributed by atoms with E-state index in [1.54, 1.807) is 12.1 Å².